The van der Waals surface area contributed by atoms with Gasteiger partial charge in [-0.25, -0.2) is 4.39 Å². The maximum absolute atomic E-state index is 13.0. The highest BCUT2D eigenvalue weighted by atomic mass is 35.5. The van der Waals surface area contributed by atoms with Gasteiger partial charge < -0.3 is 5.32 Å². The first kappa shape index (κ1) is 14.0. The zero-order valence-electron chi connectivity index (χ0n) is 10.9. The van der Waals surface area contributed by atoms with Gasteiger partial charge in [0.1, 0.15) is 5.82 Å². The van der Waals surface area contributed by atoms with Gasteiger partial charge in [-0.15, -0.1) is 0 Å². The fraction of sp³-hybridized carbons (Fsp3) is 0.250. The van der Waals surface area contributed by atoms with Crippen molar-refractivity contribution in [3.05, 3.63) is 70.0 Å². The fourth-order valence-electron chi connectivity index (χ4n) is 2.00. The predicted molar refractivity (Wildman–Crippen MR) is 78.0 cm³/mol. The Morgan fingerprint density at radius 2 is 1.95 bits per heavy atom. The molecule has 0 saturated heterocycles. The molecule has 0 heterocycles. The minimum absolute atomic E-state index is 0.179. The SMILES string of the molecule is Cc1ccccc1CCNCc1ccc(F)c(Cl)c1. The molecule has 0 aliphatic heterocycles. The smallest absolute Gasteiger partial charge is 0.141 e. The highest BCUT2D eigenvalue weighted by Gasteiger charge is 2.01. The van der Waals surface area contributed by atoms with Crippen LogP contribution in [-0.2, 0) is 13.0 Å². The van der Waals surface area contributed by atoms with Crippen LogP contribution >= 0.6 is 11.6 Å². The molecule has 19 heavy (non-hydrogen) atoms. The lowest BCUT2D eigenvalue weighted by Gasteiger charge is -2.08. The molecule has 0 aliphatic carbocycles. The van der Waals surface area contributed by atoms with E-state index in [4.69, 9.17) is 11.6 Å². The maximum atomic E-state index is 13.0. The monoisotopic (exact) mass is 277 g/mol. The summed E-state index contributed by atoms with van der Waals surface area (Å²) in [6.45, 7) is 3.71. The van der Waals surface area contributed by atoms with Gasteiger partial charge >= 0.3 is 0 Å². The van der Waals surface area contributed by atoms with Gasteiger partial charge in [0.05, 0.1) is 5.02 Å². The Morgan fingerprint density at radius 1 is 1.16 bits per heavy atom. The second kappa shape index (κ2) is 6.69. The minimum atomic E-state index is -0.370. The van der Waals surface area contributed by atoms with Crippen molar-refractivity contribution in [3.8, 4) is 0 Å². The van der Waals surface area contributed by atoms with Gasteiger partial charge in [0.2, 0.25) is 0 Å². The molecule has 0 spiro atoms. The largest absolute Gasteiger partial charge is 0.312 e. The van der Waals surface area contributed by atoms with Crippen molar-refractivity contribution >= 4 is 11.6 Å². The third-order valence-electron chi connectivity index (χ3n) is 3.15. The van der Waals surface area contributed by atoms with Crippen LogP contribution in [0.2, 0.25) is 5.02 Å². The van der Waals surface area contributed by atoms with E-state index < -0.39 is 0 Å². The molecule has 1 nitrogen and oxygen atoms in total. The van der Waals surface area contributed by atoms with Gasteiger partial charge in [-0.05, 0) is 48.7 Å². The quantitative estimate of drug-likeness (QED) is 0.811. The topological polar surface area (TPSA) is 12.0 Å². The van der Waals surface area contributed by atoms with Gasteiger partial charge in [0, 0.05) is 6.54 Å². The van der Waals surface area contributed by atoms with Crippen LogP contribution in [0.4, 0.5) is 4.39 Å². The van der Waals surface area contributed by atoms with Crippen molar-refractivity contribution in [1.82, 2.24) is 5.32 Å². The molecule has 0 aliphatic rings. The number of halogens is 2. The number of benzene rings is 2. The van der Waals surface area contributed by atoms with Crippen molar-refractivity contribution in [3.63, 3.8) is 0 Å². The third kappa shape index (κ3) is 4.05. The molecule has 100 valence electrons. The van der Waals surface area contributed by atoms with Gasteiger partial charge in [-0.2, -0.15) is 0 Å². The summed E-state index contributed by atoms with van der Waals surface area (Å²) in [6.07, 6.45) is 0.988. The highest BCUT2D eigenvalue weighted by molar-refractivity contribution is 6.30. The summed E-state index contributed by atoms with van der Waals surface area (Å²) in [7, 11) is 0. The van der Waals surface area contributed by atoms with Gasteiger partial charge in [-0.1, -0.05) is 41.9 Å². The van der Waals surface area contributed by atoms with E-state index in [0.29, 0.717) is 6.54 Å². The third-order valence-corrected chi connectivity index (χ3v) is 3.44. The van der Waals surface area contributed by atoms with Crippen molar-refractivity contribution in [2.45, 2.75) is 19.9 Å². The average Bonchev–Trinajstić information content (AvgIpc) is 2.40. The van der Waals surface area contributed by atoms with Crippen LogP contribution in [0, 0.1) is 12.7 Å². The Balaban J connectivity index is 1.81. The first-order valence-corrected chi connectivity index (χ1v) is 6.74. The van der Waals surface area contributed by atoms with Crippen LogP contribution in [0.3, 0.4) is 0 Å². The molecular formula is C16H17ClFN. The Labute approximate surface area is 118 Å². The molecule has 2 rings (SSSR count). The second-order valence-electron chi connectivity index (χ2n) is 4.60. The van der Waals surface area contributed by atoms with Gasteiger partial charge in [-0.3, -0.25) is 0 Å². The summed E-state index contributed by atoms with van der Waals surface area (Å²) in [5, 5.41) is 3.52. The van der Waals surface area contributed by atoms with Crippen molar-refractivity contribution in [2.24, 2.45) is 0 Å². The number of aryl methyl sites for hydroxylation is 1. The van der Waals surface area contributed by atoms with E-state index in [-0.39, 0.29) is 10.8 Å². The average molecular weight is 278 g/mol. The molecule has 2 aromatic rings. The standard InChI is InChI=1S/C16H17ClFN/c1-12-4-2-3-5-14(12)8-9-19-11-13-6-7-16(18)15(17)10-13/h2-7,10,19H,8-9,11H2,1H3. The molecule has 1 N–H and O–H groups in total. The van der Waals surface area contributed by atoms with Crippen LogP contribution in [0.1, 0.15) is 16.7 Å². The van der Waals surface area contributed by atoms with E-state index in [9.17, 15) is 4.39 Å². The summed E-state index contributed by atoms with van der Waals surface area (Å²) in [5.41, 5.74) is 3.66. The lowest BCUT2D eigenvalue weighted by molar-refractivity contribution is 0.625. The summed E-state index contributed by atoms with van der Waals surface area (Å²) in [6, 6.07) is 13.2. The molecule has 0 fully saturated rings. The molecule has 2 aromatic carbocycles. The molecular weight excluding hydrogens is 261 g/mol. The fourth-order valence-corrected chi connectivity index (χ4v) is 2.20. The molecule has 0 radical (unpaired) electrons. The maximum Gasteiger partial charge on any atom is 0.141 e. The summed E-state index contributed by atoms with van der Waals surface area (Å²) < 4.78 is 13.0. The Kier molecular flexibility index (Phi) is 4.94. The Morgan fingerprint density at radius 3 is 2.68 bits per heavy atom. The van der Waals surface area contributed by atoms with Crippen LogP contribution in [0.15, 0.2) is 42.5 Å². The zero-order valence-corrected chi connectivity index (χ0v) is 11.7. The summed E-state index contributed by atoms with van der Waals surface area (Å²) >= 11 is 5.74. The van der Waals surface area contributed by atoms with Crippen LogP contribution < -0.4 is 5.32 Å². The van der Waals surface area contributed by atoms with Gasteiger partial charge in [0.15, 0.2) is 0 Å². The second-order valence-corrected chi connectivity index (χ2v) is 5.01. The van der Waals surface area contributed by atoms with Gasteiger partial charge in [0.25, 0.3) is 0 Å². The normalized spacial score (nSPS) is 10.7. The van der Waals surface area contributed by atoms with Crippen LogP contribution in [-0.4, -0.2) is 6.54 Å². The molecule has 3 heteroatoms. The first-order chi connectivity index (χ1) is 9.16. The summed E-state index contributed by atoms with van der Waals surface area (Å²) in [5.74, 6) is -0.370. The lowest BCUT2D eigenvalue weighted by Crippen LogP contribution is -2.17. The molecule has 0 unspecified atom stereocenters. The first-order valence-electron chi connectivity index (χ1n) is 6.36. The molecule has 0 atom stereocenters. The van der Waals surface area contributed by atoms with Crippen molar-refractivity contribution < 1.29 is 4.39 Å². The number of nitrogens with one attached hydrogen (secondary N) is 1. The molecule has 0 bridgehead atoms. The van der Waals surface area contributed by atoms with Crippen LogP contribution in [0.5, 0.6) is 0 Å². The Hall–Kier alpha value is -1.38. The van der Waals surface area contributed by atoms with E-state index in [0.717, 1.165) is 18.5 Å². The molecule has 0 aromatic heterocycles. The predicted octanol–water partition coefficient (Wildman–Crippen LogP) is 4.12. The van der Waals surface area contributed by atoms with Crippen molar-refractivity contribution in [2.75, 3.05) is 6.54 Å². The number of hydrogen-bond donors (Lipinski definition) is 1. The van der Waals surface area contributed by atoms with E-state index in [2.05, 4.69) is 30.4 Å². The highest BCUT2D eigenvalue weighted by Crippen LogP contribution is 2.15. The van der Waals surface area contributed by atoms with Crippen molar-refractivity contribution in [1.29, 1.82) is 0 Å². The summed E-state index contributed by atoms with van der Waals surface area (Å²) in [4.78, 5) is 0. The van der Waals surface area contributed by atoms with E-state index >= 15 is 0 Å². The molecule has 0 amide bonds. The van der Waals surface area contributed by atoms with E-state index in [1.807, 2.05) is 6.07 Å². The van der Waals surface area contributed by atoms with E-state index in [1.165, 1.54) is 17.2 Å². The Bertz CT molecular complexity index is 554. The van der Waals surface area contributed by atoms with Crippen LogP contribution in [0.25, 0.3) is 0 Å². The lowest BCUT2D eigenvalue weighted by atomic mass is 10.1. The minimum Gasteiger partial charge on any atom is -0.312 e. The number of rotatable bonds is 5. The number of hydrogen-bond acceptors (Lipinski definition) is 1. The zero-order chi connectivity index (χ0) is 13.7. The molecule has 0 saturated carbocycles. The van der Waals surface area contributed by atoms with E-state index in [1.54, 1.807) is 12.1 Å².